The van der Waals surface area contributed by atoms with Crippen LogP contribution in [0.5, 0.6) is 5.75 Å². The molecule has 0 radical (unpaired) electrons. The van der Waals surface area contributed by atoms with Gasteiger partial charge in [0.05, 0.1) is 11.5 Å². The zero-order valence-corrected chi connectivity index (χ0v) is 23.2. The van der Waals surface area contributed by atoms with Crippen LogP contribution >= 0.6 is 0 Å². The molecule has 1 saturated carbocycles. The van der Waals surface area contributed by atoms with Crippen molar-refractivity contribution < 1.29 is 14.6 Å². The van der Waals surface area contributed by atoms with Gasteiger partial charge in [-0.05, 0) is 106 Å². The lowest BCUT2D eigenvalue weighted by molar-refractivity contribution is 0.0469. The minimum absolute atomic E-state index is 0. The fraction of sp³-hybridized carbons (Fsp3) is 0.600. The highest BCUT2D eigenvalue weighted by molar-refractivity contribution is 7.90. The largest absolute Gasteiger partial charge is 0.494 e. The second kappa shape index (κ2) is 12.1. The highest BCUT2D eigenvalue weighted by atomic mass is 32.2. The summed E-state index contributed by atoms with van der Waals surface area (Å²) in [5.41, 5.74) is 3.01. The van der Waals surface area contributed by atoms with Crippen molar-refractivity contribution in [3.05, 3.63) is 59.7 Å². The third-order valence-electron chi connectivity index (χ3n) is 8.62. The predicted molar refractivity (Wildman–Crippen MR) is 149 cm³/mol. The highest BCUT2D eigenvalue weighted by Crippen LogP contribution is 2.48. The fourth-order valence-electron chi connectivity index (χ4n) is 6.78. The van der Waals surface area contributed by atoms with E-state index in [9.17, 15) is 8.42 Å². The summed E-state index contributed by atoms with van der Waals surface area (Å²) in [5, 5.41) is 3.93. The maximum Gasteiger partial charge on any atom is 0.175 e. The number of piperidine rings is 1. The Hall–Kier alpha value is -1.89. The number of benzene rings is 2. The number of rotatable bonds is 10. The Labute approximate surface area is 220 Å². The van der Waals surface area contributed by atoms with Crippen LogP contribution in [0.3, 0.4) is 0 Å². The van der Waals surface area contributed by atoms with Gasteiger partial charge in [0.2, 0.25) is 0 Å². The van der Waals surface area contributed by atoms with Gasteiger partial charge >= 0.3 is 0 Å². The van der Waals surface area contributed by atoms with Gasteiger partial charge in [-0.3, -0.25) is 0 Å². The van der Waals surface area contributed by atoms with Crippen LogP contribution in [0.4, 0.5) is 0 Å². The van der Waals surface area contributed by atoms with Crippen molar-refractivity contribution in [2.24, 2.45) is 11.8 Å². The van der Waals surface area contributed by atoms with E-state index in [-0.39, 0.29) is 6.97 Å². The SMILES string of the molecule is CNC(c1ccccc1C)(C1CCCCC1)C1CCN(CCCOc2ccc(S(C)(=O)=O)cc2)CC1.[HH]. The minimum Gasteiger partial charge on any atom is -0.494 e. The van der Waals surface area contributed by atoms with E-state index in [2.05, 4.69) is 48.5 Å². The van der Waals surface area contributed by atoms with Gasteiger partial charge in [-0.1, -0.05) is 43.5 Å². The normalized spacial score (nSPS) is 20.2. The molecular formula is C30H46N2O3S. The van der Waals surface area contributed by atoms with Crippen LogP contribution in [0.15, 0.2) is 53.4 Å². The van der Waals surface area contributed by atoms with E-state index in [1.807, 2.05) is 0 Å². The van der Waals surface area contributed by atoms with Crippen molar-refractivity contribution in [3.8, 4) is 5.75 Å². The lowest BCUT2D eigenvalue weighted by Crippen LogP contribution is -2.56. The van der Waals surface area contributed by atoms with E-state index in [1.165, 1.54) is 62.3 Å². The summed E-state index contributed by atoms with van der Waals surface area (Å²) in [6.07, 6.45) is 11.4. The summed E-state index contributed by atoms with van der Waals surface area (Å²) in [4.78, 5) is 2.92. The van der Waals surface area contributed by atoms with E-state index in [4.69, 9.17) is 4.74 Å². The van der Waals surface area contributed by atoms with Gasteiger partial charge in [0.25, 0.3) is 0 Å². The van der Waals surface area contributed by atoms with Crippen LogP contribution in [-0.2, 0) is 15.4 Å². The van der Waals surface area contributed by atoms with Gasteiger partial charge in [-0.15, -0.1) is 0 Å². The number of hydrogen-bond donors (Lipinski definition) is 1. The average molecular weight is 515 g/mol. The molecule has 2 aromatic carbocycles. The molecule has 1 atom stereocenters. The summed E-state index contributed by atoms with van der Waals surface area (Å²) < 4.78 is 29.1. The van der Waals surface area contributed by atoms with Crippen molar-refractivity contribution in [2.45, 2.75) is 68.7 Å². The van der Waals surface area contributed by atoms with Gasteiger partial charge in [-0.2, -0.15) is 0 Å². The van der Waals surface area contributed by atoms with E-state index in [0.717, 1.165) is 31.8 Å². The van der Waals surface area contributed by atoms with Crippen LogP contribution in [-0.4, -0.2) is 52.9 Å². The lowest BCUT2D eigenvalue weighted by Gasteiger charge is -2.51. The Morgan fingerprint density at radius 3 is 2.22 bits per heavy atom. The van der Waals surface area contributed by atoms with Crippen molar-refractivity contribution >= 4 is 9.84 Å². The summed E-state index contributed by atoms with van der Waals surface area (Å²) >= 11 is 0. The molecular weight excluding hydrogens is 468 g/mol. The molecule has 0 bridgehead atoms. The summed E-state index contributed by atoms with van der Waals surface area (Å²) in [6.45, 7) is 6.23. The molecule has 2 aliphatic rings. The molecule has 1 heterocycles. The van der Waals surface area contributed by atoms with Gasteiger partial charge in [0.1, 0.15) is 5.75 Å². The number of nitrogens with zero attached hydrogens (tertiary/aromatic N) is 1. The first-order chi connectivity index (χ1) is 17.3. The Morgan fingerprint density at radius 2 is 1.61 bits per heavy atom. The molecule has 1 N–H and O–H groups in total. The molecule has 200 valence electrons. The molecule has 0 amide bonds. The monoisotopic (exact) mass is 514 g/mol. The molecule has 4 rings (SSSR count). The highest BCUT2D eigenvalue weighted by Gasteiger charge is 2.47. The van der Waals surface area contributed by atoms with Crippen molar-refractivity contribution in [3.63, 3.8) is 0 Å². The molecule has 1 aliphatic carbocycles. The number of aryl methyl sites for hydroxylation is 1. The number of hydrogen-bond acceptors (Lipinski definition) is 5. The zero-order valence-electron chi connectivity index (χ0n) is 22.3. The average Bonchev–Trinajstić information content (AvgIpc) is 2.89. The number of likely N-dealkylation sites (tertiary alicyclic amines) is 1. The van der Waals surface area contributed by atoms with Crippen molar-refractivity contribution in [1.29, 1.82) is 0 Å². The Bertz CT molecular complexity index is 1080. The Kier molecular flexibility index (Phi) is 9.13. The van der Waals surface area contributed by atoms with Crippen LogP contribution < -0.4 is 10.1 Å². The van der Waals surface area contributed by atoms with Crippen LogP contribution in [0.2, 0.25) is 0 Å². The summed E-state index contributed by atoms with van der Waals surface area (Å²) in [7, 11) is -0.969. The topological polar surface area (TPSA) is 58.6 Å². The molecule has 0 spiro atoms. The first-order valence-electron chi connectivity index (χ1n) is 13.7. The molecule has 5 nitrogen and oxygen atoms in total. The Balaban J connectivity index is 0.00000380. The van der Waals surface area contributed by atoms with E-state index >= 15 is 0 Å². The third kappa shape index (κ3) is 6.15. The van der Waals surface area contributed by atoms with Gasteiger partial charge in [0.15, 0.2) is 9.84 Å². The standard InChI is InChI=1S/C30H44N2O3S.H2/c1-24-10-7-8-13-29(24)30(31-2,25-11-5-4-6-12-25)26-18-21-32(22-19-26)20-9-23-35-27-14-16-28(17-15-27)36(3,33)34;/h7-8,10,13-17,25-26,31H,4-6,9,11-12,18-23H2,1-3H3;1H. The van der Waals surface area contributed by atoms with Gasteiger partial charge in [0, 0.05) is 19.8 Å². The third-order valence-corrected chi connectivity index (χ3v) is 9.75. The van der Waals surface area contributed by atoms with Gasteiger partial charge < -0.3 is 15.0 Å². The van der Waals surface area contributed by atoms with Crippen LogP contribution in [0.25, 0.3) is 0 Å². The Morgan fingerprint density at radius 1 is 0.972 bits per heavy atom. The first-order valence-corrected chi connectivity index (χ1v) is 15.6. The molecule has 2 fully saturated rings. The summed E-state index contributed by atoms with van der Waals surface area (Å²) in [5.74, 6) is 2.08. The zero-order chi connectivity index (χ0) is 25.6. The predicted octanol–water partition coefficient (Wildman–Crippen LogP) is 5.82. The molecule has 2 aromatic rings. The van der Waals surface area contributed by atoms with E-state index in [1.54, 1.807) is 24.3 Å². The molecule has 6 heteroatoms. The van der Waals surface area contributed by atoms with Crippen LogP contribution in [0, 0.1) is 18.8 Å². The maximum atomic E-state index is 11.6. The molecule has 1 saturated heterocycles. The molecule has 1 unspecified atom stereocenters. The number of ether oxygens (including phenoxy) is 1. The second-order valence-corrected chi connectivity index (χ2v) is 12.8. The lowest BCUT2D eigenvalue weighted by atomic mass is 9.61. The van der Waals surface area contributed by atoms with E-state index in [0.29, 0.717) is 23.3 Å². The van der Waals surface area contributed by atoms with Gasteiger partial charge in [-0.25, -0.2) is 8.42 Å². The number of nitrogens with one attached hydrogen (secondary N) is 1. The minimum atomic E-state index is -3.17. The second-order valence-electron chi connectivity index (χ2n) is 10.8. The van der Waals surface area contributed by atoms with Crippen LogP contribution in [0.1, 0.15) is 63.9 Å². The van der Waals surface area contributed by atoms with E-state index < -0.39 is 9.84 Å². The number of sulfone groups is 1. The molecule has 36 heavy (non-hydrogen) atoms. The molecule has 0 aromatic heterocycles. The van der Waals surface area contributed by atoms with Crippen molar-refractivity contribution in [1.82, 2.24) is 10.2 Å². The first kappa shape index (κ1) is 27.2. The smallest absolute Gasteiger partial charge is 0.175 e. The summed E-state index contributed by atoms with van der Waals surface area (Å²) in [6, 6.07) is 15.8. The quantitative estimate of drug-likeness (QED) is 0.405. The molecule has 1 aliphatic heterocycles. The fourth-order valence-corrected chi connectivity index (χ4v) is 7.41. The maximum absolute atomic E-state index is 11.6. The van der Waals surface area contributed by atoms with Crippen molar-refractivity contribution in [2.75, 3.05) is 39.5 Å².